The molecule has 1 unspecified atom stereocenters. The fraction of sp³-hybridized carbons (Fsp3) is 0.0333. The number of pyridine rings is 2. The molecule has 1 atom stereocenters. The highest BCUT2D eigenvalue weighted by atomic mass is 15.4. The number of hydrogen-bond donors (Lipinski definition) is 1. The third-order valence-electron chi connectivity index (χ3n) is 6.51. The quantitative estimate of drug-likeness (QED) is 0.312. The lowest BCUT2D eigenvalue weighted by Crippen LogP contribution is -2.23. The highest BCUT2D eigenvalue weighted by Gasteiger charge is 2.32. The zero-order valence-corrected chi connectivity index (χ0v) is 19.4. The first-order chi connectivity index (χ1) is 17.9. The van der Waals surface area contributed by atoms with Crippen LogP contribution in [0.2, 0.25) is 0 Å². The van der Waals surface area contributed by atoms with Crippen LogP contribution in [0.25, 0.3) is 28.2 Å². The van der Waals surface area contributed by atoms with E-state index in [2.05, 4.69) is 91.5 Å². The van der Waals surface area contributed by atoms with Crippen molar-refractivity contribution in [1.82, 2.24) is 19.5 Å². The average molecular weight is 467 g/mol. The van der Waals surface area contributed by atoms with Crippen molar-refractivity contribution in [2.75, 3.05) is 10.2 Å². The maximum absolute atomic E-state index is 4.95. The first-order valence-electron chi connectivity index (χ1n) is 11.9. The van der Waals surface area contributed by atoms with Crippen molar-refractivity contribution in [2.24, 2.45) is 0 Å². The van der Waals surface area contributed by atoms with Crippen molar-refractivity contribution < 1.29 is 0 Å². The second-order valence-electron chi connectivity index (χ2n) is 8.70. The van der Waals surface area contributed by atoms with Gasteiger partial charge in [-0.05, 0) is 54.1 Å². The van der Waals surface area contributed by atoms with Gasteiger partial charge >= 0.3 is 0 Å². The minimum atomic E-state index is -0.0686. The molecule has 0 bridgehead atoms. The Morgan fingerprint density at radius 3 is 2.11 bits per heavy atom. The van der Waals surface area contributed by atoms with Gasteiger partial charge in [0.15, 0.2) is 11.5 Å². The summed E-state index contributed by atoms with van der Waals surface area (Å²) in [6.45, 7) is 0. The summed E-state index contributed by atoms with van der Waals surface area (Å²) in [5.41, 5.74) is 7.03. The maximum Gasteiger partial charge on any atom is 0.164 e. The van der Waals surface area contributed by atoms with E-state index in [-0.39, 0.29) is 6.17 Å². The Hall–Kier alpha value is -4.97. The van der Waals surface area contributed by atoms with E-state index in [1.165, 1.54) is 0 Å². The highest BCUT2D eigenvalue weighted by Crippen LogP contribution is 2.44. The normalized spacial score (nSPS) is 14.6. The summed E-state index contributed by atoms with van der Waals surface area (Å²) in [6, 6.07) is 37.2. The molecular weight excluding hydrogens is 444 g/mol. The lowest BCUT2D eigenvalue weighted by Gasteiger charge is -2.26. The molecule has 3 aromatic carbocycles. The lowest BCUT2D eigenvalue weighted by molar-refractivity contribution is 0.820. The molecule has 0 amide bonds. The predicted molar refractivity (Wildman–Crippen MR) is 143 cm³/mol. The van der Waals surface area contributed by atoms with E-state index < -0.39 is 0 Å². The van der Waals surface area contributed by atoms with Crippen LogP contribution in [-0.4, -0.2) is 19.5 Å². The van der Waals surface area contributed by atoms with Gasteiger partial charge in [0.2, 0.25) is 0 Å². The zero-order chi connectivity index (χ0) is 23.9. The van der Waals surface area contributed by atoms with Crippen LogP contribution in [0, 0.1) is 0 Å². The lowest BCUT2D eigenvalue weighted by atomic mass is 10.1. The molecule has 0 aliphatic carbocycles. The topological polar surface area (TPSA) is 58.9 Å². The zero-order valence-electron chi connectivity index (χ0n) is 19.4. The molecule has 0 saturated heterocycles. The SMILES string of the molecule is c1ccc(N2c3ncccc3NC2c2ccc(-c3nc4cccnc4n3-c3ccccc3)cc2)cc1. The molecule has 1 N–H and O–H groups in total. The van der Waals surface area contributed by atoms with Gasteiger partial charge in [-0.2, -0.15) is 0 Å². The molecule has 1 aliphatic heterocycles. The van der Waals surface area contributed by atoms with Crippen LogP contribution >= 0.6 is 0 Å². The van der Waals surface area contributed by atoms with Crippen LogP contribution in [0.4, 0.5) is 17.2 Å². The van der Waals surface area contributed by atoms with Gasteiger partial charge in [0.05, 0.1) is 5.69 Å². The van der Waals surface area contributed by atoms with Gasteiger partial charge in [0.1, 0.15) is 17.5 Å². The summed E-state index contributed by atoms with van der Waals surface area (Å²) in [6.07, 6.45) is 3.58. The summed E-state index contributed by atoms with van der Waals surface area (Å²) in [7, 11) is 0. The number of anilines is 3. The molecule has 6 heteroatoms. The van der Waals surface area contributed by atoms with Crippen LogP contribution in [-0.2, 0) is 0 Å². The van der Waals surface area contributed by atoms with Gasteiger partial charge in [0.25, 0.3) is 0 Å². The molecule has 7 rings (SSSR count). The molecule has 0 spiro atoms. The number of benzene rings is 3. The third kappa shape index (κ3) is 3.31. The van der Waals surface area contributed by atoms with Crippen LogP contribution in [0.15, 0.2) is 122 Å². The molecule has 4 heterocycles. The van der Waals surface area contributed by atoms with Crippen molar-refractivity contribution >= 4 is 28.4 Å². The molecule has 172 valence electrons. The van der Waals surface area contributed by atoms with Crippen LogP contribution < -0.4 is 10.2 Å². The van der Waals surface area contributed by atoms with Gasteiger partial charge in [-0.25, -0.2) is 15.0 Å². The van der Waals surface area contributed by atoms with Gasteiger partial charge in [0, 0.05) is 29.3 Å². The smallest absolute Gasteiger partial charge is 0.164 e. The fourth-order valence-electron chi connectivity index (χ4n) is 4.87. The molecular formula is C30H22N6. The highest BCUT2D eigenvalue weighted by molar-refractivity contribution is 5.81. The molecule has 3 aromatic heterocycles. The number of nitrogens with one attached hydrogen (secondary N) is 1. The largest absolute Gasteiger partial charge is 0.358 e. The first-order valence-corrected chi connectivity index (χ1v) is 11.9. The minimum Gasteiger partial charge on any atom is -0.358 e. The minimum absolute atomic E-state index is 0.0686. The Kier molecular flexibility index (Phi) is 4.74. The number of hydrogen-bond acceptors (Lipinski definition) is 5. The summed E-state index contributed by atoms with van der Waals surface area (Å²) in [4.78, 5) is 16.5. The van der Waals surface area contributed by atoms with Crippen molar-refractivity contribution in [3.63, 3.8) is 0 Å². The third-order valence-corrected chi connectivity index (χ3v) is 6.51. The van der Waals surface area contributed by atoms with Crippen LogP contribution in [0.5, 0.6) is 0 Å². The number of fused-ring (bicyclic) bond motifs is 2. The molecule has 6 nitrogen and oxygen atoms in total. The standard InChI is InChI=1S/C30H22N6/c1-3-9-23(10-4-1)35-27(33-25-13-7-19-31-29(25)35)21-15-17-22(18-16-21)28-34-26-14-8-20-32-30(26)36(28)24-11-5-2-6-12-24/h1-20,27,33H. The molecule has 0 fully saturated rings. The van der Waals surface area contributed by atoms with Gasteiger partial charge < -0.3 is 5.32 Å². The monoisotopic (exact) mass is 466 g/mol. The summed E-state index contributed by atoms with van der Waals surface area (Å²) in [5.74, 6) is 1.79. The second kappa shape index (κ2) is 8.36. The Labute approximate surface area is 208 Å². The number of imidazole rings is 1. The van der Waals surface area contributed by atoms with E-state index >= 15 is 0 Å². The van der Waals surface area contributed by atoms with E-state index in [0.29, 0.717) is 0 Å². The summed E-state index contributed by atoms with van der Waals surface area (Å²) in [5, 5.41) is 3.65. The van der Waals surface area contributed by atoms with E-state index in [1.54, 1.807) is 0 Å². The maximum atomic E-state index is 4.95. The Morgan fingerprint density at radius 2 is 1.33 bits per heavy atom. The van der Waals surface area contributed by atoms with Crippen LogP contribution in [0.3, 0.4) is 0 Å². The van der Waals surface area contributed by atoms with Crippen molar-refractivity contribution in [3.05, 3.63) is 127 Å². The molecule has 0 saturated carbocycles. The van der Waals surface area contributed by atoms with Crippen LogP contribution in [0.1, 0.15) is 11.7 Å². The number of rotatable bonds is 4. The molecule has 0 radical (unpaired) electrons. The Bertz CT molecular complexity index is 1660. The number of nitrogens with zero attached hydrogens (tertiary/aromatic N) is 5. The van der Waals surface area contributed by atoms with E-state index in [9.17, 15) is 0 Å². The second-order valence-corrected chi connectivity index (χ2v) is 8.70. The number of para-hydroxylation sites is 2. The number of aromatic nitrogens is 4. The van der Waals surface area contributed by atoms with E-state index in [1.807, 2.05) is 54.9 Å². The average Bonchev–Trinajstić information content (AvgIpc) is 3.53. The fourth-order valence-corrected chi connectivity index (χ4v) is 4.87. The van der Waals surface area contributed by atoms with E-state index in [4.69, 9.17) is 4.98 Å². The van der Waals surface area contributed by atoms with Gasteiger partial charge in [-0.1, -0.05) is 60.7 Å². The summed E-state index contributed by atoms with van der Waals surface area (Å²) >= 11 is 0. The predicted octanol–water partition coefficient (Wildman–Crippen LogP) is 6.74. The van der Waals surface area contributed by atoms with E-state index in [0.717, 1.165) is 51.0 Å². The molecule has 1 aliphatic rings. The van der Waals surface area contributed by atoms with Crippen molar-refractivity contribution in [3.8, 4) is 17.1 Å². The van der Waals surface area contributed by atoms with Crippen molar-refractivity contribution in [2.45, 2.75) is 6.17 Å². The van der Waals surface area contributed by atoms with Gasteiger partial charge in [-0.15, -0.1) is 0 Å². The molecule has 36 heavy (non-hydrogen) atoms. The van der Waals surface area contributed by atoms with Crippen molar-refractivity contribution in [1.29, 1.82) is 0 Å². The molecule has 6 aromatic rings. The summed E-state index contributed by atoms with van der Waals surface area (Å²) < 4.78 is 2.12. The Balaban J connectivity index is 1.31. The first kappa shape index (κ1) is 20.4. The van der Waals surface area contributed by atoms with Gasteiger partial charge in [-0.3, -0.25) is 9.47 Å². The Morgan fingerprint density at radius 1 is 0.639 bits per heavy atom.